The fraction of sp³-hybridized carbons (Fsp3) is 0.583. The Morgan fingerprint density at radius 1 is 1.53 bits per heavy atom. The van der Waals surface area contributed by atoms with Gasteiger partial charge in [0.1, 0.15) is 0 Å². The zero-order chi connectivity index (χ0) is 12.1. The average molecular weight is 252 g/mol. The summed E-state index contributed by atoms with van der Waals surface area (Å²) in [7, 11) is 0. The SMILES string of the molecule is CCCCCC(Cc1cn2ccsc2n1)NN. The predicted octanol–water partition coefficient (Wildman–Crippen LogP) is 2.35. The number of hydrogen-bond acceptors (Lipinski definition) is 4. The Bertz CT molecular complexity index is 419. The highest BCUT2D eigenvalue weighted by molar-refractivity contribution is 7.15. The molecule has 1 unspecified atom stereocenters. The van der Waals surface area contributed by atoms with Crippen LogP contribution < -0.4 is 11.3 Å². The van der Waals surface area contributed by atoms with E-state index in [9.17, 15) is 0 Å². The Balaban J connectivity index is 1.91. The minimum atomic E-state index is 0.339. The molecule has 2 aromatic heterocycles. The first-order chi connectivity index (χ1) is 8.33. The summed E-state index contributed by atoms with van der Waals surface area (Å²) >= 11 is 1.66. The minimum absolute atomic E-state index is 0.339. The smallest absolute Gasteiger partial charge is 0.193 e. The van der Waals surface area contributed by atoms with Crippen LogP contribution in [-0.2, 0) is 6.42 Å². The predicted molar refractivity (Wildman–Crippen MR) is 72.0 cm³/mol. The van der Waals surface area contributed by atoms with Gasteiger partial charge in [0.25, 0.3) is 0 Å². The molecule has 0 amide bonds. The second kappa shape index (κ2) is 6.14. The molecule has 0 saturated carbocycles. The molecule has 1 atom stereocenters. The molecule has 0 aliphatic heterocycles. The van der Waals surface area contributed by atoms with Crippen molar-refractivity contribution in [2.24, 2.45) is 5.84 Å². The van der Waals surface area contributed by atoms with Crippen molar-refractivity contribution in [2.45, 2.75) is 45.1 Å². The Morgan fingerprint density at radius 3 is 3.12 bits per heavy atom. The van der Waals surface area contributed by atoms with Crippen molar-refractivity contribution in [3.8, 4) is 0 Å². The van der Waals surface area contributed by atoms with Crippen LogP contribution in [0.1, 0.15) is 38.3 Å². The first-order valence-corrected chi connectivity index (χ1v) is 7.08. The van der Waals surface area contributed by atoms with Crippen LogP contribution in [0.3, 0.4) is 0 Å². The van der Waals surface area contributed by atoms with Gasteiger partial charge in [0.2, 0.25) is 0 Å². The lowest BCUT2D eigenvalue weighted by atomic mass is 10.0. The Hall–Kier alpha value is -0.910. The van der Waals surface area contributed by atoms with Crippen molar-refractivity contribution in [1.82, 2.24) is 14.8 Å². The molecule has 0 aliphatic carbocycles. The quantitative estimate of drug-likeness (QED) is 0.452. The van der Waals surface area contributed by atoms with Gasteiger partial charge in [-0.3, -0.25) is 15.7 Å². The number of aromatic nitrogens is 2. The van der Waals surface area contributed by atoms with Crippen LogP contribution in [0, 0.1) is 0 Å². The van der Waals surface area contributed by atoms with Gasteiger partial charge >= 0.3 is 0 Å². The maximum atomic E-state index is 5.59. The first kappa shape index (κ1) is 12.5. The summed E-state index contributed by atoms with van der Waals surface area (Å²) in [6, 6.07) is 0.339. The molecule has 0 bridgehead atoms. The third kappa shape index (κ3) is 3.28. The second-order valence-electron chi connectivity index (χ2n) is 4.39. The van der Waals surface area contributed by atoms with Crippen molar-refractivity contribution in [2.75, 3.05) is 0 Å². The normalized spacial score (nSPS) is 13.3. The van der Waals surface area contributed by atoms with E-state index in [0.717, 1.165) is 23.5 Å². The van der Waals surface area contributed by atoms with Gasteiger partial charge in [-0.2, -0.15) is 0 Å². The fourth-order valence-electron chi connectivity index (χ4n) is 2.01. The number of hydrazine groups is 1. The van der Waals surface area contributed by atoms with E-state index in [1.54, 1.807) is 11.3 Å². The summed E-state index contributed by atoms with van der Waals surface area (Å²) in [4.78, 5) is 5.63. The van der Waals surface area contributed by atoms with E-state index < -0.39 is 0 Å². The molecule has 5 heteroatoms. The van der Waals surface area contributed by atoms with E-state index in [4.69, 9.17) is 5.84 Å². The topological polar surface area (TPSA) is 55.3 Å². The Morgan fingerprint density at radius 2 is 2.41 bits per heavy atom. The van der Waals surface area contributed by atoms with Crippen LogP contribution in [0.5, 0.6) is 0 Å². The first-order valence-electron chi connectivity index (χ1n) is 6.20. The molecular weight excluding hydrogens is 232 g/mol. The average Bonchev–Trinajstić information content (AvgIpc) is 2.88. The van der Waals surface area contributed by atoms with E-state index in [0.29, 0.717) is 6.04 Å². The zero-order valence-corrected chi connectivity index (χ0v) is 11.0. The van der Waals surface area contributed by atoms with Gasteiger partial charge in [-0.25, -0.2) is 4.98 Å². The standard InChI is InChI=1S/C12H20N4S/c1-2-3-4-5-10(15-13)8-11-9-16-6-7-17-12(16)14-11/h6-7,9-10,15H,2-5,8,13H2,1H3. The van der Waals surface area contributed by atoms with Crippen LogP contribution in [-0.4, -0.2) is 15.4 Å². The van der Waals surface area contributed by atoms with Crippen molar-refractivity contribution >= 4 is 16.3 Å². The summed E-state index contributed by atoms with van der Waals surface area (Å²) in [6.07, 6.45) is 9.92. The number of fused-ring (bicyclic) bond motifs is 1. The third-order valence-electron chi connectivity index (χ3n) is 2.99. The number of imidazole rings is 1. The van der Waals surface area contributed by atoms with E-state index in [1.165, 1.54) is 19.3 Å². The van der Waals surface area contributed by atoms with Crippen LogP contribution in [0.25, 0.3) is 4.96 Å². The molecule has 2 heterocycles. The Kier molecular flexibility index (Phi) is 4.53. The summed E-state index contributed by atoms with van der Waals surface area (Å²) in [5.74, 6) is 5.59. The summed E-state index contributed by atoms with van der Waals surface area (Å²) in [5.41, 5.74) is 4.02. The maximum absolute atomic E-state index is 5.59. The Labute approximate surface area is 106 Å². The van der Waals surface area contributed by atoms with Gasteiger partial charge in [0.15, 0.2) is 4.96 Å². The minimum Gasteiger partial charge on any atom is -0.297 e. The van der Waals surface area contributed by atoms with E-state index >= 15 is 0 Å². The van der Waals surface area contributed by atoms with Crippen LogP contribution in [0.2, 0.25) is 0 Å². The second-order valence-corrected chi connectivity index (χ2v) is 5.26. The lowest BCUT2D eigenvalue weighted by molar-refractivity contribution is 0.464. The number of hydrogen-bond donors (Lipinski definition) is 2. The van der Waals surface area contributed by atoms with Gasteiger partial charge in [-0.1, -0.05) is 26.2 Å². The molecule has 2 aromatic rings. The van der Waals surface area contributed by atoms with Gasteiger partial charge in [0.05, 0.1) is 5.69 Å². The van der Waals surface area contributed by atoms with E-state index in [-0.39, 0.29) is 0 Å². The number of unbranched alkanes of at least 4 members (excludes halogenated alkanes) is 2. The number of nitrogens with zero attached hydrogens (tertiary/aromatic N) is 2. The maximum Gasteiger partial charge on any atom is 0.193 e. The molecule has 3 N–H and O–H groups in total. The van der Waals surface area contributed by atoms with Crippen LogP contribution in [0.15, 0.2) is 17.8 Å². The van der Waals surface area contributed by atoms with Crippen molar-refractivity contribution in [1.29, 1.82) is 0 Å². The molecule has 0 aliphatic rings. The number of thiazole rings is 1. The number of nitrogens with one attached hydrogen (secondary N) is 1. The number of rotatable bonds is 7. The fourth-order valence-corrected chi connectivity index (χ4v) is 2.73. The molecule has 94 valence electrons. The monoisotopic (exact) mass is 252 g/mol. The summed E-state index contributed by atoms with van der Waals surface area (Å²) in [5, 5.41) is 2.05. The molecule has 2 rings (SSSR count). The molecule has 0 spiro atoms. The lowest BCUT2D eigenvalue weighted by Gasteiger charge is -2.13. The third-order valence-corrected chi connectivity index (χ3v) is 3.76. The van der Waals surface area contributed by atoms with Crippen molar-refractivity contribution < 1.29 is 0 Å². The van der Waals surface area contributed by atoms with E-state index in [1.807, 2.05) is 11.6 Å². The number of nitrogens with two attached hydrogens (primary N) is 1. The van der Waals surface area contributed by atoms with Gasteiger partial charge in [-0.05, 0) is 6.42 Å². The lowest BCUT2D eigenvalue weighted by Crippen LogP contribution is -2.36. The highest BCUT2D eigenvalue weighted by Gasteiger charge is 2.10. The molecule has 0 saturated heterocycles. The molecule has 0 aromatic carbocycles. The van der Waals surface area contributed by atoms with Gasteiger partial charge < -0.3 is 0 Å². The zero-order valence-electron chi connectivity index (χ0n) is 10.2. The van der Waals surface area contributed by atoms with Crippen molar-refractivity contribution in [3.05, 3.63) is 23.5 Å². The summed E-state index contributed by atoms with van der Waals surface area (Å²) < 4.78 is 2.07. The van der Waals surface area contributed by atoms with Crippen LogP contribution >= 0.6 is 11.3 Å². The van der Waals surface area contributed by atoms with Gasteiger partial charge in [0, 0.05) is 30.2 Å². The van der Waals surface area contributed by atoms with Crippen molar-refractivity contribution in [3.63, 3.8) is 0 Å². The molecule has 17 heavy (non-hydrogen) atoms. The highest BCUT2D eigenvalue weighted by Crippen LogP contribution is 2.14. The molecule has 0 fully saturated rings. The molecule has 0 radical (unpaired) electrons. The largest absolute Gasteiger partial charge is 0.297 e. The molecular formula is C12H20N4S. The molecule has 4 nitrogen and oxygen atoms in total. The highest BCUT2D eigenvalue weighted by atomic mass is 32.1. The van der Waals surface area contributed by atoms with Gasteiger partial charge in [-0.15, -0.1) is 11.3 Å². The summed E-state index contributed by atoms with van der Waals surface area (Å²) in [6.45, 7) is 2.22. The van der Waals surface area contributed by atoms with Crippen LogP contribution in [0.4, 0.5) is 0 Å². The van der Waals surface area contributed by atoms with E-state index in [2.05, 4.69) is 27.9 Å².